The molecular formula is C23H24FN3S2. The zero-order valence-electron chi connectivity index (χ0n) is 16.5. The van der Waals surface area contributed by atoms with Crippen molar-refractivity contribution in [2.24, 2.45) is 4.99 Å². The fourth-order valence-electron chi connectivity index (χ4n) is 4.53. The molecule has 1 aromatic carbocycles. The minimum atomic E-state index is -0.196. The molecule has 29 heavy (non-hydrogen) atoms. The number of aliphatic imine (C=N–C) groups is 1. The van der Waals surface area contributed by atoms with Crippen LogP contribution in [0.5, 0.6) is 0 Å². The summed E-state index contributed by atoms with van der Waals surface area (Å²) in [7, 11) is 0. The highest BCUT2D eigenvalue weighted by Gasteiger charge is 2.43. The highest BCUT2D eigenvalue weighted by molar-refractivity contribution is 8.02. The first-order valence-corrected chi connectivity index (χ1v) is 12.3. The Balaban J connectivity index is 1.42. The minimum absolute atomic E-state index is 0.196. The molecule has 0 bridgehead atoms. The van der Waals surface area contributed by atoms with Gasteiger partial charge in [0, 0.05) is 11.5 Å². The normalized spacial score (nSPS) is 22.3. The van der Waals surface area contributed by atoms with Gasteiger partial charge >= 0.3 is 0 Å². The van der Waals surface area contributed by atoms with E-state index in [2.05, 4.69) is 11.9 Å². The zero-order valence-corrected chi connectivity index (χ0v) is 18.2. The van der Waals surface area contributed by atoms with E-state index in [0.29, 0.717) is 5.92 Å². The summed E-state index contributed by atoms with van der Waals surface area (Å²) >= 11 is 3.55. The van der Waals surface area contributed by atoms with E-state index >= 15 is 0 Å². The molecule has 6 heteroatoms. The number of hydrogen-bond acceptors (Lipinski definition) is 5. The lowest BCUT2D eigenvalue weighted by atomic mass is 9.87. The summed E-state index contributed by atoms with van der Waals surface area (Å²) < 4.78 is 13.2. The first-order valence-electron chi connectivity index (χ1n) is 10.4. The first-order chi connectivity index (χ1) is 14.2. The van der Waals surface area contributed by atoms with Gasteiger partial charge in [0.25, 0.3) is 0 Å². The second-order valence-electron chi connectivity index (χ2n) is 7.83. The van der Waals surface area contributed by atoms with Gasteiger partial charge in [-0.15, -0.1) is 11.8 Å². The van der Waals surface area contributed by atoms with Crippen LogP contribution in [0, 0.1) is 5.82 Å². The maximum absolute atomic E-state index is 13.2. The second-order valence-corrected chi connectivity index (χ2v) is 9.92. The standard InChI is InChI=1S/C23H24FN3S2/c1-2-3-7-18-16-5-4-6-17(16)19-20-21(29-22(19)27-18)23(26-13-25-20)28-12-14-8-10-15(24)11-9-14/h8-11,13,19,22H,2-7,12H2,1H3/t19-,22-/m1/s1. The molecule has 150 valence electrons. The molecular weight excluding hydrogens is 401 g/mol. The third kappa shape index (κ3) is 3.66. The van der Waals surface area contributed by atoms with Crippen LogP contribution in [0.4, 0.5) is 4.39 Å². The number of unbranched alkanes of at least 4 members (excludes halogenated alkanes) is 1. The summed E-state index contributed by atoms with van der Waals surface area (Å²) in [6, 6.07) is 6.72. The number of allylic oxidation sites excluding steroid dienone is 1. The van der Waals surface area contributed by atoms with E-state index in [4.69, 9.17) is 9.98 Å². The van der Waals surface area contributed by atoms with Gasteiger partial charge in [-0.3, -0.25) is 4.99 Å². The number of benzene rings is 1. The van der Waals surface area contributed by atoms with Crippen molar-refractivity contribution in [2.75, 3.05) is 0 Å². The van der Waals surface area contributed by atoms with Crippen molar-refractivity contribution in [3.8, 4) is 0 Å². The van der Waals surface area contributed by atoms with Crippen LogP contribution in [0.3, 0.4) is 0 Å². The maximum Gasteiger partial charge on any atom is 0.123 e. The SMILES string of the molecule is CCCCC1=N[C@@H]2Sc3c(SCc4ccc(F)cc4)ncnc3[C@H]2C2=C1CCC2. The van der Waals surface area contributed by atoms with E-state index in [1.807, 2.05) is 23.9 Å². The van der Waals surface area contributed by atoms with Gasteiger partial charge in [-0.25, -0.2) is 14.4 Å². The molecule has 0 radical (unpaired) electrons. The van der Waals surface area contributed by atoms with Crippen LogP contribution in [0.1, 0.15) is 62.6 Å². The molecule has 2 aromatic rings. The quantitative estimate of drug-likeness (QED) is 0.389. The molecule has 0 unspecified atom stereocenters. The van der Waals surface area contributed by atoms with Crippen molar-refractivity contribution < 1.29 is 4.39 Å². The molecule has 0 spiro atoms. The van der Waals surface area contributed by atoms with Gasteiger partial charge in [0.1, 0.15) is 22.5 Å². The molecule has 0 saturated heterocycles. The molecule has 3 aliphatic rings. The number of aromatic nitrogens is 2. The Hall–Kier alpha value is -1.66. The van der Waals surface area contributed by atoms with E-state index in [1.165, 1.54) is 66.1 Å². The van der Waals surface area contributed by atoms with Gasteiger partial charge in [0.15, 0.2) is 0 Å². The Morgan fingerprint density at radius 1 is 1.17 bits per heavy atom. The van der Waals surface area contributed by atoms with Gasteiger partial charge in [-0.1, -0.05) is 42.8 Å². The van der Waals surface area contributed by atoms with E-state index in [0.717, 1.165) is 22.8 Å². The van der Waals surface area contributed by atoms with Crippen LogP contribution < -0.4 is 0 Å². The number of thioether (sulfide) groups is 2. The molecule has 0 fully saturated rings. The van der Waals surface area contributed by atoms with Crippen LogP contribution in [0.25, 0.3) is 0 Å². The highest BCUT2D eigenvalue weighted by Crippen LogP contribution is 2.56. The molecule has 0 saturated carbocycles. The van der Waals surface area contributed by atoms with Crippen molar-refractivity contribution in [1.29, 1.82) is 0 Å². The van der Waals surface area contributed by atoms with Crippen molar-refractivity contribution in [3.05, 3.63) is 58.8 Å². The summed E-state index contributed by atoms with van der Waals surface area (Å²) in [4.78, 5) is 15.7. The number of fused-ring (bicyclic) bond motifs is 4. The molecule has 1 aromatic heterocycles. The Kier molecular flexibility index (Phi) is 5.48. The second kappa shape index (κ2) is 8.23. The summed E-state index contributed by atoms with van der Waals surface area (Å²) in [6.07, 6.45) is 8.84. The molecule has 2 atom stereocenters. The summed E-state index contributed by atoms with van der Waals surface area (Å²) in [5.74, 6) is 0.906. The lowest BCUT2D eigenvalue weighted by Crippen LogP contribution is -2.21. The van der Waals surface area contributed by atoms with Crippen LogP contribution in [0.15, 0.2) is 56.7 Å². The summed E-state index contributed by atoms with van der Waals surface area (Å²) in [5, 5.41) is 1.25. The predicted molar refractivity (Wildman–Crippen MR) is 118 cm³/mol. The van der Waals surface area contributed by atoms with Crippen molar-refractivity contribution >= 4 is 29.2 Å². The van der Waals surface area contributed by atoms with E-state index in [-0.39, 0.29) is 11.2 Å². The topological polar surface area (TPSA) is 38.1 Å². The fraction of sp³-hybridized carbons (Fsp3) is 0.435. The van der Waals surface area contributed by atoms with Gasteiger partial charge in [0.2, 0.25) is 0 Å². The Bertz CT molecular complexity index is 984. The van der Waals surface area contributed by atoms with Crippen molar-refractivity contribution in [1.82, 2.24) is 9.97 Å². The van der Waals surface area contributed by atoms with Crippen LogP contribution in [-0.4, -0.2) is 21.1 Å². The Morgan fingerprint density at radius 2 is 2.03 bits per heavy atom. The van der Waals surface area contributed by atoms with Gasteiger partial charge in [0.05, 0.1) is 16.5 Å². The average Bonchev–Trinajstić information content (AvgIpc) is 3.36. The van der Waals surface area contributed by atoms with Crippen molar-refractivity contribution in [3.63, 3.8) is 0 Å². The fourth-order valence-corrected chi connectivity index (χ4v) is 7.01. The van der Waals surface area contributed by atoms with Crippen molar-refractivity contribution in [2.45, 2.75) is 72.4 Å². The number of halogens is 1. The third-order valence-corrected chi connectivity index (χ3v) is 8.39. The van der Waals surface area contributed by atoms with E-state index < -0.39 is 0 Å². The maximum atomic E-state index is 13.2. The zero-order chi connectivity index (χ0) is 19.8. The molecule has 3 heterocycles. The molecule has 0 N–H and O–H groups in total. The minimum Gasteiger partial charge on any atom is -0.274 e. The van der Waals surface area contributed by atoms with E-state index in [9.17, 15) is 4.39 Å². The highest BCUT2D eigenvalue weighted by atomic mass is 32.2. The van der Waals surface area contributed by atoms with Gasteiger partial charge in [-0.2, -0.15) is 0 Å². The number of dihydropyridines is 1. The van der Waals surface area contributed by atoms with Crippen LogP contribution >= 0.6 is 23.5 Å². The Labute approximate surface area is 179 Å². The smallest absolute Gasteiger partial charge is 0.123 e. The van der Waals surface area contributed by atoms with Crippen LogP contribution in [-0.2, 0) is 5.75 Å². The molecule has 0 amide bonds. The third-order valence-electron chi connectivity index (χ3n) is 5.94. The monoisotopic (exact) mass is 425 g/mol. The number of rotatable bonds is 6. The molecule has 3 nitrogen and oxygen atoms in total. The predicted octanol–water partition coefficient (Wildman–Crippen LogP) is 6.55. The molecule has 5 rings (SSSR count). The number of hydrogen-bond donors (Lipinski definition) is 0. The molecule has 2 aliphatic heterocycles. The number of nitrogens with zero attached hydrogens (tertiary/aromatic N) is 3. The molecule has 1 aliphatic carbocycles. The van der Waals surface area contributed by atoms with Crippen LogP contribution in [0.2, 0.25) is 0 Å². The lowest BCUT2D eigenvalue weighted by Gasteiger charge is -2.26. The Morgan fingerprint density at radius 3 is 2.86 bits per heavy atom. The van der Waals surface area contributed by atoms with E-state index in [1.54, 1.807) is 23.7 Å². The summed E-state index contributed by atoms with van der Waals surface area (Å²) in [5.41, 5.74) is 6.76. The average molecular weight is 426 g/mol. The largest absolute Gasteiger partial charge is 0.274 e. The van der Waals surface area contributed by atoms with Gasteiger partial charge in [-0.05, 0) is 55.4 Å². The van der Waals surface area contributed by atoms with Gasteiger partial charge < -0.3 is 0 Å². The summed E-state index contributed by atoms with van der Waals surface area (Å²) in [6.45, 7) is 2.25. The lowest BCUT2D eigenvalue weighted by molar-refractivity contribution is 0.627. The first kappa shape index (κ1) is 19.3.